The Hall–Kier alpha value is -4.09. The molecule has 1 fully saturated rings. The lowest BCUT2D eigenvalue weighted by atomic mass is 9.88. The number of rotatable bonds is 8. The van der Waals surface area contributed by atoms with Crippen molar-refractivity contribution in [2.24, 2.45) is 5.10 Å². The molecular formula is C29H24BrClN4O6. The van der Waals surface area contributed by atoms with Crippen LogP contribution in [0.25, 0.3) is 10.9 Å². The fraction of sp³-hybridized carbons (Fsp3) is 0.241. The molecule has 4 aromatic rings. The summed E-state index contributed by atoms with van der Waals surface area (Å²) in [6, 6.07) is 14.0. The number of aromatic carboxylic acids is 1. The number of benzene rings is 3. The average Bonchev–Trinajstić information content (AvgIpc) is 2.96. The molecule has 1 aliphatic carbocycles. The number of halogens is 2. The number of fused-ring (bicyclic) bond motifs is 1. The fourth-order valence-electron chi connectivity index (χ4n) is 4.96. The number of aromatic nitrogens is 2. The molecule has 0 atom stereocenters. The van der Waals surface area contributed by atoms with Crippen molar-refractivity contribution in [3.63, 3.8) is 0 Å². The molecule has 41 heavy (non-hydrogen) atoms. The minimum absolute atomic E-state index is 0.0348. The maximum atomic E-state index is 13.7. The minimum atomic E-state index is -1.10. The first-order chi connectivity index (χ1) is 19.7. The van der Waals surface area contributed by atoms with Crippen molar-refractivity contribution in [2.75, 3.05) is 0 Å². The highest BCUT2D eigenvalue weighted by Gasteiger charge is 2.24. The molecule has 12 heteroatoms. The molecule has 1 heterocycles. The summed E-state index contributed by atoms with van der Waals surface area (Å²) in [5.41, 5.74) is 0.540. The second-order valence-electron chi connectivity index (χ2n) is 9.72. The third-order valence-corrected chi connectivity index (χ3v) is 7.64. The van der Waals surface area contributed by atoms with Crippen LogP contribution in [0, 0.1) is 10.1 Å². The van der Waals surface area contributed by atoms with E-state index in [4.69, 9.17) is 21.3 Å². The van der Waals surface area contributed by atoms with Crippen LogP contribution < -0.4 is 10.3 Å². The van der Waals surface area contributed by atoms with E-state index in [1.54, 1.807) is 24.3 Å². The van der Waals surface area contributed by atoms with Crippen LogP contribution in [0.1, 0.15) is 65.3 Å². The number of nitro benzene ring substituents is 1. The van der Waals surface area contributed by atoms with Crippen LogP contribution in [0.4, 0.5) is 5.69 Å². The van der Waals surface area contributed by atoms with E-state index in [1.807, 2.05) is 6.07 Å². The van der Waals surface area contributed by atoms with Crippen molar-refractivity contribution < 1.29 is 19.6 Å². The SMILES string of the molecule is O=C(O)c1cccc(COc2c(C=Nn3c(C4CCCCC4)nc4ccc(Br)cc4c3=O)cc(Cl)cc2[N+](=O)[O-])c1. The van der Waals surface area contributed by atoms with Crippen LogP contribution in [0.2, 0.25) is 5.02 Å². The van der Waals surface area contributed by atoms with Crippen molar-refractivity contribution in [2.45, 2.75) is 44.6 Å². The number of carbonyl (C=O) groups is 1. The summed E-state index contributed by atoms with van der Waals surface area (Å²) in [4.78, 5) is 41.1. The van der Waals surface area contributed by atoms with Crippen LogP contribution in [0.3, 0.4) is 0 Å². The summed E-state index contributed by atoms with van der Waals surface area (Å²) < 4.78 is 7.84. The number of carboxylic acid groups (broad SMARTS) is 1. The zero-order valence-electron chi connectivity index (χ0n) is 21.6. The lowest BCUT2D eigenvalue weighted by molar-refractivity contribution is -0.385. The quantitative estimate of drug-likeness (QED) is 0.125. The van der Waals surface area contributed by atoms with Crippen molar-refractivity contribution in [3.05, 3.63) is 107 Å². The normalized spacial score (nSPS) is 14.0. The van der Waals surface area contributed by atoms with Gasteiger partial charge in [0, 0.05) is 27.0 Å². The number of nitro groups is 1. The summed E-state index contributed by atoms with van der Waals surface area (Å²) in [7, 11) is 0. The molecule has 0 spiro atoms. The van der Waals surface area contributed by atoms with Crippen LogP contribution in [0.15, 0.2) is 69.0 Å². The number of hydrogen-bond donors (Lipinski definition) is 1. The van der Waals surface area contributed by atoms with E-state index in [-0.39, 0.29) is 40.0 Å². The maximum Gasteiger partial charge on any atom is 0.335 e. The Labute approximate surface area is 247 Å². The van der Waals surface area contributed by atoms with E-state index in [2.05, 4.69) is 21.0 Å². The highest BCUT2D eigenvalue weighted by Crippen LogP contribution is 2.35. The van der Waals surface area contributed by atoms with Gasteiger partial charge in [0.05, 0.1) is 27.6 Å². The first-order valence-electron chi connectivity index (χ1n) is 12.9. The second-order valence-corrected chi connectivity index (χ2v) is 11.1. The Kier molecular flexibility index (Phi) is 8.46. The Morgan fingerprint density at radius 3 is 2.71 bits per heavy atom. The summed E-state index contributed by atoms with van der Waals surface area (Å²) in [5.74, 6) is -0.655. The number of carboxylic acids is 1. The molecule has 0 aliphatic heterocycles. The van der Waals surface area contributed by atoms with Gasteiger partial charge in [-0.2, -0.15) is 9.78 Å². The Morgan fingerprint density at radius 1 is 1.20 bits per heavy atom. The van der Waals surface area contributed by atoms with E-state index < -0.39 is 16.6 Å². The molecule has 0 amide bonds. The third-order valence-electron chi connectivity index (χ3n) is 6.93. The molecule has 1 aliphatic rings. The fourth-order valence-corrected chi connectivity index (χ4v) is 5.54. The summed E-state index contributed by atoms with van der Waals surface area (Å²) in [5, 5.41) is 26.2. The number of nitrogens with zero attached hydrogens (tertiary/aromatic N) is 4. The molecule has 0 bridgehead atoms. The van der Waals surface area contributed by atoms with Gasteiger partial charge in [0.2, 0.25) is 5.75 Å². The monoisotopic (exact) mass is 638 g/mol. The van der Waals surface area contributed by atoms with Crippen molar-refractivity contribution in [1.82, 2.24) is 9.66 Å². The summed E-state index contributed by atoms with van der Waals surface area (Å²) >= 11 is 9.64. The molecule has 5 rings (SSSR count). The van der Waals surface area contributed by atoms with E-state index in [0.29, 0.717) is 22.3 Å². The van der Waals surface area contributed by atoms with Crippen LogP contribution >= 0.6 is 27.5 Å². The van der Waals surface area contributed by atoms with Gasteiger partial charge in [0.15, 0.2) is 0 Å². The predicted molar refractivity (Wildman–Crippen MR) is 158 cm³/mol. The number of hydrogen-bond acceptors (Lipinski definition) is 7. The Balaban J connectivity index is 1.60. The van der Waals surface area contributed by atoms with Crippen molar-refractivity contribution >= 4 is 56.3 Å². The summed E-state index contributed by atoms with van der Waals surface area (Å²) in [6.07, 6.45) is 6.20. The van der Waals surface area contributed by atoms with Crippen LogP contribution in [-0.4, -0.2) is 31.9 Å². The Bertz CT molecular complexity index is 1750. The molecule has 1 saturated carbocycles. The molecular weight excluding hydrogens is 616 g/mol. The second kappa shape index (κ2) is 12.2. The van der Waals surface area contributed by atoms with Gasteiger partial charge >= 0.3 is 11.7 Å². The van der Waals surface area contributed by atoms with Crippen molar-refractivity contribution in [3.8, 4) is 5.75 Å². The molecule has 1 aromatic heterocycles. The lowest BCUT2D eigenvalue weighted by Crippen LogP contribution is -2.25. The molecule has 0 radical (unpaired) electrons. The summed E-state index contributed by atoms with van der Waals surface area (Å²) in [6.45, 7) is -0.150. The molecule has 0 unspecified atom stereocenters. The molecule has 210 valence electrons. The standard InChI is InChI=1S/C29H24BrClN4O6/c30-21-9-10-24-23(13-21)28(36)34(27(33-24)18-6-2-1-3-7-18)32-15-20-12-22(31)14-25(35(39)40)26(20)41-16-17-5-4-8-19(11-17)29(37)38/h4-5,8-15,18H,1-3,6-7,16H2,(H,37,38). The average molecular weight is 640 g/mol. The molecule has 1 N–H and O–H groups in total. The number of ether oxygens (including phenoxy) is 1. The molecule has 3 aromatic carbocycles. The van der Waals surface area contributed by atoms with Crippen LogP contribution in [-0.2, 0) is 6.61 Å². The zero-order chi connectivity index (χ0) is 29.1. The van der Waals surface area contributed by atoms with Gasteiger partial charge in [-0.25, -0.2) is 9.78 Å². The van der Waals surface area contributed by atoms with Gasteiger partial charge in [0.25, 0.3) is 5.56 Å². The highest BCUT2D eigenvalue weighted by atomic mass is 79.9. The van der Waals surface area contributed by atoms with Crippen molar-refractivity contribution in [1.29, 1.82) is 0 Å². The van der Waals surface area contributed by atoms with E-state index in [1.165, 1.54) is 29.1 Å². The van der Waals surface area contributed by atoms with Gasteiger partial charge in [0.1, 0.15) is 12.4 Å². The molecule has 10 nitrogen and oxygen atoms in total. The first-order valence-corrected chi connectivity index (χ1v) is 14.1. The maximum absolute atomic E-state index is 13.7. The zero-order valence-corrected chi connectivity index (χ0v) is 24.0. The van der Waals surface area contributed by atoms with Gasteiger partial charge in [-0.05, 0) is 54.8 Å². The Morgan fingerprint density at radius 2 is 1.98 bits per heavy atom. The minimum Gasteiger partial charge on any atom is -0.481 e. The van der Waals surface area contributed by atoms with E-state index >= 15 is 0 Å². The van der Waals surface area contributed by atoms with Gasteiger partial charge in [-0.1, -0.05) is 58.9 Å². The van der Waals surface area contributed by atoms with E-state index in [9.17, 15) is 24.8 Å². The van der Waals surface area contributed by atoms with Crippen LogP contribution in [0.5, 0.6) is 5.75 Å². The molecule has 0 saturated heterocycles. The first kappa shape index (κ1) is 28.4. The largest absolute Gasteiger partial charge is 0.481 e. The lowest BCUT2D eigenvalue weighted by Gasteiger charge is -2.22. The predicted octanol–water partition coefficient (Wildman–Crippen LogP) is 6.93. The topological polar surface area (TPSA) is 137 Å². The third kappa shape index (κ3) is 6.31. The highest BCUT2D eigenvalue weighted by molar-refractivity contribution is 9.10. The van der Waals surface area contributed by atoms with Gasteiger partial charge in [-0.15, -0.1) is 0 Å². The smallest absolute Gasteiger partial charge is 0.335 e. The van der Waals surface area contributed by atoms with E-state index in [0.717, 1.165) is 42.6 Å². The van der Waals surface area contributed by atoms with Gasteiger partial charge in [-0.3, -0.25) is 14.9 Å². The van der Waals surface area contributed by atoms with Gasteiger partial charge < -0.3 is 9.84 Å².